The first-order valence-electron chi connectivity index (χ1n) is 15.1. The molecule has 22 nitrogen and oxygen atoms in total. The van der Waals surface area contributed by atoms with Crippen molar-refractivity contribution in [2.45, 2.75) is 118 Å². The molecule has 284 valence electrons. The third kappa shape index (κ3) is 10.7. The van der Waals surface area contributed by atoms with Crippen LogP contribution in [0.25, 0.3) is 0 Å². The molecule has 2 rings (SSSR count). The van der Waals surface area contributed by atoms with E-state index in [1.165, 1.54) is 0 Å². The molecule has 2 saturated heterocycles. The van der Waals surface area contributed by atoms with Crippen molar-refractivity contribution in [2.24, 2.45) is 0 Å². The van der Waals surface area contributed by atoms with E-state index in [9.17, 15) is 75.3 Å². The summed E-state index contributed by atoms with van der Waals surface area (Å²) in [5.41, 5.74) is 0. The normalized spacial score (nSPS) is 34.1. The summed E-state index contributed by atoms with van der Waals surface area (Å²) in [4.78, 5) is 47.9. The number of ether oxygens (including phenoxy) is 4. The van der Waals surface area contributed by atoms with Crippen molar-refractivity contribution in [1.82, 2.24) is 16.0 Å². The lowest BCUT2D eigenvalue weighted by atomic mass is 9.88. The van der Waals surface area contributed by atoms with Gasteiger partial charge in [-0.05, 0) is 0 Å². The number of hydrogen-bond donors (Lipinski definition) is 14. The highest BCUT2D eigenvalue weighted by molar-refractivity contribution is 5.76. The highest BCUT2D eigenvalue weighted by Gasteiger charge is 2.56. The topological polar surface area (TPSA) is 364 Å². The zero-order chi connectivity index (χ0) is 37.4. The van der Waals surface area contributed by atoms with Crippen molar-refractivity contribution in [3.8, 4) is 0 Å². The number of carbonyl (C=O) groups excluding carboxylic acids is 3. The van der Waals surface area contributed by atoms with E-state index in [2.05, 4.69) is 16.0 Å². The number of amides is 3. The van der Waals surface area contributed by atoms with Crippen molar-refractivity contribution in [1.29, 1.82) is 0 Å². The van der Waals surface area contributed by atoms with Crippen LogP contribution in [0.2, 0.25) is 0 Å². The van der Waals surface area contributed by atoms with Gasteiger partial charge >= 0.3 is 5.97 Å². The summed E-state index contributed by atoms with van der Waals surface area (Å²) < 4.78 is 22.0. The lowest BCUT2D eigenvalue weighted by Gasteiger charge is -2.47. The highest BCUT2D eigenvalue weighted by atomic mass is 16.7. The Labute approximate surface area is 279 Å². The van der Waals surface area contributed by atoms with Gasteiger partial charge in [-0.3, -0.25) is 14.4 Å². The van der Waals surface area contributed by atoms with Gasteiger partial charge in [0, 0.05) is 27.2 Å². The fourth-order valence-corrected chi connectivity index (χ4v) is 5.46. The van der Waals surface area contributed by atoms with Gasteiger partial charge < -0.3 is 91.1 Å². The zero-order valence-electron chi connectivity index (χ0n) is 26.8. The smallest absolute Gasteiger partial charge is 0.364 e. The second-order valence-corrected chi connectivity index (χ2v) is 11.8. The van der Waals surface area contributed by atoms with Crippen LogP contribution < -0.4 is 16.0 Å². The Hall–Kier alpha value is -2.68. The molecule has 2 fully saturated rings. The predicted molar refractivity (Wildman–Crippen MR) is 155 cm³/mol. The minimum Gasteiger partial charge on any atom is -0.477 e. The van der Waals surface area contributed by atoms with Gasteiger partial charge in [-0.15, -0.1) is 0 Å². The van der Waals surface area contributed by atoms with Gasteiger partial charge in [0.1, 0.15) is 61.0 Å². The first kappa shape index (κ1) is 42.5. The Morgan fingerprint density at radius 2 is 1.45 bits per heavy atom. The maximum atomic E-state index is 12.4. The van der Waals surface area contributed by atoms with Crippen LogP contribution >= 0.6 is 0 Å². The molecular formula is C27H47N3O19. The summed E-state index contributed by atoms with van der Waals surface area (Å²) in [6.07, 6.45) is -22.0. The molecule has 0 unspecified atom stereocenters. The monoisotopic (exact) mass is 717 g/mol. The van der Waals surface area contributed by atoms with Crippen LogP contribution in [-0.2, 0) is 38.1 Å². The van der Waals surface area contributed by atoms with E-state index < -0.39 is 148 Å². The molecule has 0 saturated carbocycles. The standard InChI is InChI=1S/C27H47N3O19/c1-9(34)28-12(5-31)23(48-25-18(30-11(3)36)22(43)21(42)16(7-33)47-25)20(41)15(39)8-46-27(26(44)45)4-13(37)17(29-10(2)35)24(49-27)19(40)14(38)6-32/h12-25,31-33,37-43H,4-8H2,1-3H3,(H,28,34)(H,29,35)(H,30,36)(H,44,45)/t12-,13-,14+,15+,16+,17+,18+,19+,20-,21+,22+,23+,24+,25-,27+/m0/s1. The van der Waals surface area contributed by atoms with E-state index in [-0.39, 0.29) is 0 Å². The van der Waals surface area contributed by atoms with Crippen molar-refractivity contribution in [2.75, 3.05) is 26.4 Å². The lowest BCUT2D eigenvalue weighted by molar-refractivity contribution is -0.320. The Bertz CT molecular complexity index is 1120. The van der Waals surface area contributed by atoms with Crippen molar-refractivity contribution in [3.05, 3.63) is 0 Å². The molecule has 0 aromatic heterocycles. The van der Waals surface area contributed by atoms with E-state index in [0.29, 0.717) is 0 Å². The molecule has 0 spiro atoms. The fraction of sp³-hybridized carbons (Fsp3) is 0.852. The lowest BCUT2D eigenvalue weighted by Crippen LogP contribution is -2.68. The van der Waals surface area contributed by atoms with Gasteiger partial charge in [-0.25, -0.2) is 4.79 Å². The minimum atomic E-state index is -2.92. The number of carbonyl (C=O) groups is 4. The molecular weight excluding hydrogens is 670 g/mol. The quantitative estimate of drug-likeness (QED) is 0.0664. The maximum absolute atomic E-state index is 12.4. The molecule has 2 heterocycles. The van der Waals surface area contributed by atoms with Crippen molar-refractivity contribution < 1.29 is 94.3 Å². The van der Waals surface area contributed by atoms with E-state index >= 15 is 0 Å². The SMILES string of the molecule is CC(=O)N[C@H]1[C@H](O[C@@H]([C@@H](O)[C@H](O)CO[C@]2(C(=O)O)C[C@H](O)[C@@H](NC(C)=O)[C@H]([C@H](O)[C@H](O)CO)O2)[C@H](CO)NC(C)=O)O[C@H](CO)[C@@H](O)[C@@H]1O. The minimum absolute atomic E-state index is 0.744. The molecule has 15 atom stereocenters. The summed E-state index contributed by atoms with van der Waals surface area (Å²) >= 11 is 0. The molecule has 49 heavy (non-hydrogen) atoms. The third-order valence-corrected chi connectivity index (χ3v) is 7.93. The fourth-order valence-electron chi connectivity index (χ4n) is 5.46. The summed E-state index contributed by atoms with van der Waals surface area (Å²) in [7, 11) is 0. The number of aliphatic hydroxyl groups is 10. The van der Waals surface area contributed by atoms with Gasteiger partial charge in [0.2, 0.25) is 17.7 Å². The zero-order valence-corrected chi connectivity index (χ0v) is 26.8. The summed E-state index contributed by atoms with van der Waals surface area (Å²) in [5.74, 6) is -7.11. The van der Waals surface area contributed by atoms with Gasteiger partial charge in [0.25, 0.3) is 5.79 Å². The van der Waals surface area contributed by atoms with Crippen LogP contribution in [0.5, 0.6) is 0 Å². The molecule has 3 amide bonds. The van der Waals surface area contributed by atoms with Crippen LogP contribution in [0.4, 0.5) is 0 Å². The summed E-state index contributed by atoms with van der Waals surface area (Å²) in [5, 5.41) is 120. The number of rotatable bonds is 17. The Balaban J connectivity index is 2.42. The Morgan fingerprint density at radius 3 is 1.94 bits per heavy atom. The summed E-state index contributed by atoms with van der Waals surface area (Å²) in [6.45, 7) is -0.929. The number of carboxylic acids is 1. The number of hydrogen-bond acceptors (Lipinski definition) is 18. The van der Waals surface area contributed by atoms with Gasteiger partial charge in [0.15, 0.2) is 6.29 Å². The number of aliphatic hydroxyl groups excluding tert-OH is 10. The van der Waals surface area contributed by atoms with Crippen molar-refractivity contribution >= 4 is 23.7 Å². The molecule has 14 N–H and O–H groups in total. The first-order valence-corrected chi connectivity index (χ1v) is 15.1. The number of nitrogens with one attached hydrogen (secondary N) is 3. The van der Waals surface area contributed by atoms with E-state index in [0.717, 1.165) is 20.8 Å². The van der Waals surface area contributed by atoms with E-state index in [4.69, 9.17) is 18.9 Å². The third-order valence-electron chi connectivity index (χ3n) is 7.93. The van der Waals surface area contributed by atoms with Crippen LogP contribution in [0, 0.1) is 0 Å². The summed E-state index contributed by atoms with van der Waals surface area (Å²) in [6, 6.07) is -4.67. The molecule has 0 bridgehead atoms. The number of aliphatic carboxylic acids is 1. The largest absolute Gasteiger partial charge is 0.477 e. The molecule has 0 aromatic rings. The second-order valence-electron chi connectivity index (χ2n) is 11.8. The van der Waals surface area contributed by atoms with Crippen LogP contribution in [0.3, 0.4) is 0 Å². The molecule has 2 aliphatic rings. The Morgan fingerprint density at radius 1 is 0.857 bits per heavy atom. The van der Waals surface area contributed by atoms with Gasteiger partial charge in [-0.1, -0.05) is 0 Å². The molecule has 0 aliphatic carbocycles. The first-order chi connectivity index (χ1) is 22.8. The van der Waals surface area contributed by atoms with Gasteiger partial charge in [-0.2, -0.15) is 0 Å². The molecule has 0 aromatic carbocycles. The van der Waals surface area contributed by atoms with Crippen molar-refractivity contribution in [3.63, 3.8) is 0 Å². The predicted octanol–water partition coefficient (Wildman–Crippen LogP) is -8.30. The van der Waals surface area contributed by atoms with Gasteiger partial charge in [0.05, 0.1) is 44.6 Å². The van der Waals surface area contributed by atoms with E-state index in [1.54, 1.807) is 0 Å². The van der Waals surface area contributed by atoms with Crippen LogP contribution in [-0.4, -0.2) is 198 Å². The number of carboxylic acid groups (broad SMARTS) is 1. The second kappa shape index (κ2) is 18.5. The maximum Gasteiger partial charge on any atom is 0.364 e. The molecule has 2 aliphatic heterocycles. The molecule has 0 radical (unpaired) electrons. The van der Waals surface area contributed by atoms with Crippen LogP contribution in [0.1, 0.15) is 27.2 Å². The Kier molecular flexibility index (Phi) is 16.1. The van der Waals surface area contributed by atoms with Crippen LogP contribution in [0.15, 0.2) is 0 Å². The highest BCUT2D eigenvalue weighted by Crippen LogP contribution is 2.34. The molecule has 22 heteroatoms. The average Bonchev–Trinajstić information content (AvgIpc) is 3.03. The average molecular weight is 718 g/mol. The van der Waals surface area contributed by atoms with E-state index in [1.807, 2.05) is 0 Å².